The Hall–Kier alpha value is -2.18. The van der Waals surface area contributed by atoms with Gasteiger partial charge in [-0.15, -0.1) is 0 Å². The van der Waals surface area contributed by atoms with Gasteiger partial charge in [0.1, 0.15) is 0 Å². The van der Waals surface area contributed by atoms with E-state index in [9.17, 15) is 4.79 Å². The van der Waals surface area contributed by atoms with E-state index < -0.39 is 0 Å². The molecule has 0 spiro atoms. The zero-order chi connectivity index (χ0) is 15.1. The summed E-state index contributed by atoms with van der Waals surface area (Å²) in [5.74, 6) is -0.0498. The molecule has 2 rings (SSSR count). The number of ether oxygens (including phenoxy) is 1. The van der Waals surface area contributed by atoms with Gasteiger partial charge in [0.2, 0.25) is 5.91 Å². The van der Waals surface area contributed by atoms with Gasteiger partial charge in [0.25, 0.3) is 0 Å². The molecule has 0 aliphatic carbocycles. The van der Waals surface area contributed by atoms with Crippen molar-refractivity contribution in [2.45, 2.75) is 0 Å². The maximum absolute atomic E-state index is 12.0. The van der Waals surface area contributed by atoms with E-state index in [4.69, 9.17) is 4.74 Å². The normalized spacial score (nSPS) is 10.8. The summed E-state index contributed by atoms with van der Waals surface area (Å²) in [7, 11) is 3.54. The zero-order valence-corrected chi connectivity index (χ0v) is 12.3. The molecule has 0 fully saturated rings. The number of benzene rings is 1. The summed E-state index contributed by atoms with van der Waals surface area (Å²) in [6.45, 7) is 1.66. The summed E-state index contributed by atoms with van der Waals surface area (Å²) in [5, 5.41) is 7.06. The van der Waals surface area contributed by atoms with Crippen LogP contribution in [0.2, 0.25) is 0 Å². The zero-order valence-electron chi connectivity index (χ0n) is 12.3. The number of methoxy groups -OCH3 is 1. The third kappa shape index (κ3) is 4.70. The van der Waals surface area contributed by atoms with E-state index in [0.717, 1.165) is 17.9 Å². The highest BCUT2D eigenvalue weighted by Crippen LogP contribution is 2.13. The monoisotopic (exact) mass is 288 g/mol. The van der Waals surface area contributed by atoms with Crippen molar-refractivity contribution < 1.29 is 9.53 Å². The van der Waals surface area contributed by atoms with Gasteiger partial charge in [0.15, 0.2) is 0 Å². The summed E-state index contributed by atoms with van der Waals surface area (Å²) < 4.78 is 6.74. The SMILES string of the molecule is COCCN(C)CC(=O)Nc1cccc(-n2cccn2)c1. The number of nitrogens with one attached hydrogen (secondary N) is 1. The molecule has 0 saturated carbocycles. The lowest BCUT2D eigenvalue weighted by atomic mass is 10.2. The van der Waals surface area contributed by atoms with Crippen LogP contribution >= 0.6 is 0 Å². The van der Waals surface area contributed by atoms with Crippen LogP contribution in [0.25, 0.3) is 5.69 Å². The van der Waals surface area contributed by atoms with Gasteiger partial charge in [0.05, 0.1) is 18.8 Å². The fraction of sp³-hybridized carbons (Fsp3) is 0.333. The highest BCUT2D eigenvalue weighted by Gasteiger charge is 2.07. The first kappa shape index (κ1) is 15.2. The fourth-order valence-corrected chi connectivity index (χ4v) is 1.92. The molecule has 0 atom stereocenters. The number of carbonyl (C=O) groups excluding carboxylic acids is 1. The van der Waals surface area contributed by atoms with Crippen molar-refractivity contribution in [2.24, 2.45) is 0 Å². The van der Waals surface area contributed by atoms with E-state index in [1.54, 1.807) is 18.0 Å². The van der Waals surface area contributed by atoms with Crippen LogP contribution in [0.3, 0.4) is 0 Å². The molecule has 112 valence electrons. The van der Waals surface area contributed by atoms with Crippen molar-refractivity contribution in [1.82, 2.24) is 14.7 Å². The molecule has 21 heavy (non-hydrogen) atoms. The number of anilines is 1. The minimum absolute atomic E-state index is 0.0498. The van der Waals surface area contributed by atoms with Crippen molar-refractivity contribution in [3.63, 3.8) is 0 Å². The lowest BCUT2D eigenvalue weighted by Gasteiger charge is -2.15. The highest BCUT2D eigenvalue weighted by molar-refractivity contribution is 5.92. The van der Waals surface area contributed by atoms with E-state index >= 15 is 0 Å². The van der Waals surface area contributed by atoms with E-state index in [1.807, 2.05) is 48.5 Å². The topological polar surface area (TPSA) is 59.4 Å². The number of rotatable bonds is 7. The van der Waals surface area contributed by atoms with Crippen molar-refractivity contribution in [3.8, 4) is 5.69 Å². The van der Waals surface area contributed by atoms with Crippen LogP contribution in [0.5, 0.6) is 0 Å². The van der Waals surface area contributed by atoms with Crippen molar-refractivity contribution >= 4 is 11.6 Å². The number of amides is 1. The Labute approximate surface area is 124 Å². The Balaban J connectivity index is 1.93. The Morgan fingerprint density at radius 1 is 1.43 bits per heavy atom. The molecule has 1 N–H and O–H groups in total. The second-order valence-corrected chi connectivity index (χ2v) is 4.78. The summed E-state index contributed by atoms with van der Waals surface area (Å²) in [6, 6.07) is 9.44. The molecule has 6 heteroatoms. The summed E-state index contributed by atoms with van der Waals surface area (Å²) in [4.78, 5) is 13.9. The summed E-state index contributed by atoms with van der Waals surface area (Å²) in [6.07, 6.45) is 3.58. The highest BCUT2D eigenvalue weighted by atomic mass is 16.5. The van der Waals surface area contributed by atoms with Crippen LogP contribution < -0.4 is 5.32 Å². The molecule has 0 saturated heterocycles. The molecular weight excluding hydrogens is 268 g/mol. The maximum atomic E-state index is 12.0. The van der Waals surface area contributed by atoms with Crippen molar-refractivity contribution in [1.29, 1.82) is 0 Å². The molecule has 1 aromatic carbocycles. The summed E-state index contributed by atoms with van der Waals surface area (Å²) >= 11 is 0. The predicted molar refractivity (Wildman–Crippen MR) is 81.6 cm³/mol. The molecule has 1 aromatic heterocycles. The molecule has 0 aliphatic heterocycles. The van der Waals surface area contributed by atoms with Crippen molar-refractivity contribution in [2.75, 3.05) is 39.2 Å². The van der Waals surface area contributed by atoms with Gasteiger partial charge in [-0.25, -0.2) is 4.68 Å². The smallest absolute Gasteiger partial charge is 0.238 e. The molecule has 0 radical (unpaired) electrons. The van der Waals surface area contributed by atoms with E-state index in [0.29, 0.717) is 13.2 Å². The molecule has 6 nitrogen and oxygen atoms in total. The van der Waals surface area contributed by atoms with Gasteiger partial charge >= 0.3 is 0 Å². The molecule has 1 heterocycles. The van der Waals surface area contributed by atoms with E-state index in [1.165, 1.54) is 0 Å². The third-order valence-electron chi connectivity index (χ3n) is 2.99. The first-order chi connectivity index (χ1) is 10.2. The quantitative estimate of drug-likeness (QED) is 0.836. The number of hydrogen-bond donors (Lipinski definition) is 1. The van der Waals surface area contributed by atoms with Gasteiger partial charge < -0.3 is 10.1 Å². The average molecular weight is 288 g/mol. The van der Waals surface area contributed by atoms with Crippen LogP contribution in [0.15, 0.2) is 42.7 Å². The first-order valence-electron chi connectivity index (χ1n) is 6.76. The number of hydrogen-bond acceptors (Lipinski definition) is 4. The van der Waals surface area contributed by atoms with Gasteiger partial charge in [0, 0.05) is 31.7 Å². The molecular formula is C15H20N4O2. The second kappa shape index (κ2) is 7.56. The van der Waals surface area contributed by atoms with Gasteiger partial charge in [-0.2, -0.15) is 5.10 Å². The van der Waals surface area contributed by atoms with Crippen LogP contribution in [0, 0.1) is 0 Å². The van der Waals surface area contributed by atoms with Crippen LogP contribution in [-0.2, 0) is 9.53 Å². The van der Waals surface area contributed by atoms with Crippen molar-refractivity contribution in [3.05, 3.63) is 42.7 Å². The Kier molecular flexibility index (Phi) is 5.48. The average Bonchev–Trinajstić information content (AvgIpc) is 2.99. The number of nitrogens with zero attached hydrogens (tertiary/aromatic N) is 3. The fourth-order valence-electron chi connectivity index (χ4n) is 1.92. The minimum atomic E-state index is -0.0498. The first-order valence-corrected chi connectivity index (χ1v) is 6.76. The molecule has 0 unspecified atom stereocenters. The lowest BCUT2D eigenvalue weighted by Crippen LogP contribution is -2.32. The molecule has 2 aromatic rings. The summed E-state index contributed by atoms with van der Waals surface area (Å²) in [5.41, 5.74) is 1.67. The lowest BCUT2D eigenvalue weighted by molar-refractivity contribution is -0.117. The van der Waals surface area contributed by atoms with Crippen LogP contribution in [0.4, 0.5) is 5.69 Å². The third-order valence-corrected chi connectivity index (χ3v) is 2.99. The van der Waals surface area contributed by atoms with Gasteiger partial charge in [-0.05, 0) is 31.3 Å². The minimum Gasteiger partial charge on any atom is -0.383 e. The molecule has 0 bridgehead atoms. The second-order valence-electron chi connectivity index (χ2n) is 4.78. The van der Waals surface area contributed by atoms with Gasteiger partial charge in [-0.3, -0.25) is 9.69 Å². The van der Waals surface area contributed by atoms with E-state index in [-0.39, 0.29) is 5.91 Å². The Morgan fingerprint density at radius 3 is 3.00 bits per heavy atom. The maximum Gasteiger partial charge on any atom is 0.238 e. The number of carbonyl (C=O) groups is 1. The number of likely N-dealkylation sites (N-methyl/N-ethyl adjacent to an activating group) is 1. The van der Waals surface area contributed by atoms with Gasteiger partial charge in [-0.1, -0.05) is 6.07 Å². The Morgan fingerprint density at radius 2 is 2.29 bits per heavy atom. The predicted octanol–water partition coefficient (Wildman–Crippen LogP) is 1.39. The molecule has 0 aliphatic rings. The van der Waals surface area contributed by atoms with Crippen LogP contribution in [0.1, 0.15) is 0 Å². The van der Waals surface area contributed by atoms with Crippen LogP contribution in [-0.4, -0.2) is 54.4 Å². The number of aromatic nitrogens is 2. The largest absolute Gasteiger partial charge is 0.383 e. The van der Waals surface area contributed by atoms with E-state index in [2.05, 4.69) is 10.4 Å². The Bertz CT molecular complexity index is 569. The molecule has 1 amide bonds. The standard InChI is InChI=1S/C15H20N4O2/c1-18(9-10-21-2)12-15(20)17-13-5-3-6-14(11-13)19-8-4-7-16-19/h3-8,11H,9-10,12H2,1-2H3,(H,17,20).